The molecule has 0 bridgehead atoms. The molecule has 0 amide bonds. The van der Waals surface area contributed by atoms with Crippen LogP contribution in [0, 0.1) is 18.3 Å². The van der Waals surface area contributed by atoms with Gasteiger partial charge in [-0.2, -0.15) is 0 Å². The van der Waals surface area contributed by atoms with Gasteiger partial charge in [-0.1, -0.05) is 11.9 Å². The first kappa shape index (κ1) is 18.6. The lowest BCUT2D eigenvalue weighted by atomic mass is 9.98. The maximum absolute atomic E-state index is 12.0. The number of hydrogen-bond acceptors (Lipinski definition) is 5. The van der Waals surface area contributed by atoms with Crippen LogP contribution in [0.2, 0.25) is 0 Å². The molecule has 1 aromatic carbocycles. The van der Waals surface area contributed by atoms with Crippen molar-refractivity contribution in [3.63, 3.8) is 0 Å². The van der Waals surface area contributed by atoms with Crippen molar-refractivity contribution in [2.75, 3.05) is 22.8 Å². The van der Waals surface area contributed by atoms with Gasteiger partial charge in [-0.3, -0.25) is 4.79 Å². The number of anilines is 2. The molecule has 0 radical (unpaired) electrons. The number of aryl methyl sites for hydroxylation is 2. The van der Waals surface area contributed by atoms with Crippen LogP contribution in [0.25, 0.3) is 11.1 Å². The number of benzene rings is 1. The van der Waals surface area contributed by atoms with Crippen LogP contribution in [0.5, 0.6) is 0 Å². The fourth-order valence-corrected chi connectivity index (χ4v) is 3.54. The summed E-state index contributed by atoms with van der Waals surface area (Å²) in [4.78, 5) is 12.0. The molecule has 0 aliphatic heterocycles. The van der Waals surface area contributed by atoms with Crippen LogP contribution in [0.15, 0.2) is 29.2 Å². The Kier molecular flexibility index (Phi) is 5.41. The highest BCUT2D eigenvalue weighted by molar-refractivity contribution is 7.99. The van der Waals surface area contributed by atoms with Gasteiger partial charge in [0.1, 0.15) is 0 Å². The number of rotatable bonds is 7. The Hall–Kier alpha value is -2.21. The molecule has 6 heteroatoms. The zero-order valence-electron chi connectivity index (χ0n) is 15.8. The molecule has 3 N–H and O–H groups in total. The fraction of sp³-hybridized carbons (Fsp3) is 0.400. The Morgan fingerprint density at radius 2 is 1.96 bits per heavy atom. The largest absolute Gasteiger partial charge is 0.384 e. The van der Waals surface area contributed by atoms with Gasteiger partial charge in [0.15, 0.2) is 0 Å². The van der Waals surface area contributed by atoms with Crippen molar-refractivity contribution < 1.29 is 0 Å². The lowest BCUT2D eigenvalue weighted by Gasteiger charge is -2.19. The van der Waals surface area contributed by atoms with Crippen LogP contribution in [-0.2, 0) is 7.05 Å². The molecular weight excluding hydrogens is 344 g/mol. The summed E-state index contributed by atoms with van der Waals surface area (Å²) in [5, 5.41) is 11.8. The molecule has 1 saturated carbocycles. The average Bonchev–Trinajstić information content (AvgIpc) is 3.41. The molecule has 1 heterocycles. The first-order chi connectivity index (χ1) is 12.4. The predicted molar refractivity (Wildman–Crippen MR) is 113 cm³/mol. The zero-order valence-corrected chi connectivity index (χ0v) is 16.6. The van der Waals surface area contributed by atoms with E-state index in [1.807, 2.05) is 32.4 Å². The smallest absolute Gasteiger partial charge is 0.253 e. The second-order valence-electron chi connectivity index (χ2n) is 7.03. The summed E-state index contributed by atoms with van der Waals surface area (Å²) >= 11 is 1.51. The van der Waals surface area contributed by atoms with Crippen molar-refractivity contribution >= 4 is 29.0 Å². The molecule has 3 rings (SSSR count). The highest BCUT2D eigenvalue weighted by Crippen LogP contribution is 2.35. The third-order valence-electron chi connectivity index (χ3n) is 4.70. The number of nitrogens with zero attached hydrogens (tertiary/aromatic N) is 1. The van der Waals surface area contributed by atoms with Gasteiger partial charge in [-0.05, 0) is 61.9 Å². The standard InChI is InChI=1S/C20H26N4OS/c1-12-7-16(11-24(3)20(12)25)15-8-17(22-10-14-5-6-14)19(13(2)21)18(9-15)23-26-4/h7-9,11,14,21-23H,5-6,10H2,1-4H3. The highest BCUT2D eigenvalue weighted by Gasteiger charge is 2.22. The SMILES string of the molecule is CSNc1cc(-c2cc(C)c(=O)n(C)c2)cc(NCC2CC2)c1C(C)=N. The molecular formula is C20H26N4OS. The molecule has 1 fully saturated rings. The van der Waals surface area contributed by atoms with Crippen molar-refractivity contribution in [3.8, 4) is 11.1 Å². The minimum Gasteiger partial charge on any atom is -0.384 e. The van der Waals surface area contributed by atoms with E-state index < -0.39 is 0 Å². The second kappa shape index (κ2) is 7.58. The van der Waals surface area contributed by atoms with E-state index in [9.17, 15) is 4.79 Å². The summed E-state index contributed by atoms with van der Waals surface area (Å²) in [5.74, 6) is 0.745. The third kappa shape index (κ3) is 3.96. The molecule has 2 aromatic rings. The lowest BCUT2D eigenvalue weighted by Crippen LogP contribution is -2.18. The van der Waals surface area contributed by atoms with Gasteiger partial charge < -0.3 is 20.0 Å². The summed E-state index contributed by atoms with van der Waals surface area (Å²) in [7, 11) is 1.78. The summed E-state index contributed by atoms with van der Waals surface area (Å²) in [6.45, 7) is 4.60. The molecule has 138 valence electrons. The highest BCUT2D eigenvalue weighted by atomic mass is 32.2. The number of nitrogens with one attached hydrogen (secondary N) is 3. The Balaban J connectivity index is 2.12. The summed E-state index contributed by atoms with van der Waals surface area (Å²) < 4.78 is 4.94. The fourth-order valence-electron chi connectivity index (χ4n) is 3.15. The maximum atomic E-state index is 12.0. The lowest BCUT2D eigenvalue weighted by molar-refractivity contribution is 0.850. The minimum absolute atomic E-state index is 0.0234. The van der Waals surface area contributed by atoms with Crippen molar-refractivity contribution in [3.05, 3.63) is 45.9 Å². The summed E-state index contributed by atoms with van der Waals surface area (Å²) in [6, 6.07) is 6.09. The van der Waals surface area contributed by atoms with Crippen molar-refractivity contribution in [1.82, 2.24) is 4.57 Å². The molecule has 1 aliphatic rings. The van der Waals surface area contributed by atoms with E-state index in [1.54, 1.807) is 11.6 Å². The molecule has 0 saturated heterocycles. The van der Waals surface area contributed by atoms with E-state index in [2.05, 4.69) is 22.2 Å². The van der Waals surface area contributed by atoms with Gasteiger partial charge >= 0.3 is 0 Å². The molecule has 26 heavy (non-hydrogen) atoms. The van der Waals surface area contributed by atoms with E-state index in [4.69, 9.17) is 5.41 Å². The van der Waals surface area contributed by atoms with Gasteiger partial charge in [0.2, 0.25) is 0 Å². The topological polar surface area (TPSA) is 69.9 Å². The number of aromatic nitrogens is 1. The predicted octanol–water partition coefficient (Wildman–Crippen LogP) is 4.26. The molecule has 1 aromatic heterocycles. The van der Waals surface area contributed by atoms with Gasteiger partial charge in [0.05, 0.1) is 5.69 Å². The van der Waals surface area contributed by atoms with Crippen LogP contribution < -0.4 is 15.6 Å². The van der Waals surface area contributed by atoms with E-state index in [0.717, 1.165) is 46.1 Å². The van der Waals surface area contributed by atoms with Gasteiger partial charge in [0, 0.05) is 48.6 Å². The Labute approximate surface area is 158 Å². The normalized spacial score (nSPS) is 13.5. The summed E-state index contributed by atoms with van der Waals surface area (Å²) in [6.07, 6.45) is 6.40. The van der Waals surface area contributed by atoms with Gasteiger partial charge in [-0.15, -0.1) is 0 Å². The van der Waals surface area contributed by atoms with Crippen LogP contribution in [-0.4, -0.2) is 23.1 Å². The molecule has 0 unspecified atom stereocenters. The van der Waals surface area contributed by atoms with Crippen LogP contribution in [0.1, 0.15) is 30.9 Å². The van der Waals surface area contributed by atoms with Gasteiger partial charge in [-0.25, -0.2) is 0 Å². The monoisotopic (exact) mass is 370 g/mol. The maximum Gasteiger partial charge on any atom is 0.253 e. The van der Waals surface area contributed by atoms with Crippen LogP contribution in [0.4, 0.5) is 11.4 Å². The van der Waals surface area contributed by atoms with E-state index in [0.29, 0.717) is 5.71 Å². The molecule has 5 nitrogen and oxygen atoms in total. The Morgan fingerprint density at radius 1 is 1.27 bits per heavy atom. The van der Waals surface area contributed by atoms with E-state index in [-0.39, 0.29) is 5.56 Å². The first-order valence-electron chi connectivity index (χ1n) is 8.84. The van der Waals surface area contributed by atoms with Crippen LogP contribution >= 0.6 is 11.9 Å². The van der Waals surface area contributed by atoms with E-state index in [1.165, 1.54) is 24.8 Å². The zero-order chi connectivity index (χ0) is 18.8. The average molecular weight is 371 g/mol. The quantitative estimate of drug-likeness (QED) is 0.503. The summed E-state index contributed by atoms with van der Waals surface area (Å²) in [5.41, 5.74) is 6.12. The molecule has 0 spiro atoms. The van der Waals surface area contributed by atoms with Crippen LogP contribution in [0.3, 0.4) is 0 Å². The number of hydrogen-bond donors (Lipinski definition) is 3. The van der Waals surface area contributed by atoms with Crippen molar-refractivity contribution in [2.45, 2.75) is 26.7 Å². The number of pyridine rings is 1. The molecule has 1 aliphatic carbocycles. The van der Waals surface area contributed by atoms with Crippen molar-refractivity contribution in [2.24, 2.45) is 13.0 Å². The third-order valence-corrected chi connectivity index (χ3v) is 5.12. The Bertz CT molecular complexity index is 873. The first-order valence-corrected chi connectivity index (χ1v) is 10.1. The van der Waals surface area contributed by atoms with Crippen molar-refractivity contribution in [1.29, 1.82) is 5.41 Å². The van der Waals surface area contributed by atoms with Gasteiger partial charge in [0.25, 0.3) is 5.56 Å². The van der Waals surface area contributed by atoms with E-state index >= 15 is 0 Å². The Morgan fingerprint density at radius 3 is 2.54 bits per heavy atom. The second-order valence-corrected chi connectivity index (χ2v) is 7.64. The minimum atomic E-state index is 0.0234. The molecule has 0 atom stereocenters.